The van der Waals surface area contributed by atoms with E-state index < -0.39 is 0 Å². The second-order valence-electron chi connectivity index (χ2n) is 8.56. The highest BCUT2D eigenvalue weighted by Crippen LogP contribution is 2.59. The zero-order valence-electron chi connectivity index (χ0n) is 17.9. The molecule has 0 bridgehead atoms. The summed E-state index contributed by atoms with van der Waals surface area (Å²) in [6.45, 7) is 10.5. The van der Waals surface area contributed by atoms with Crippen molar-refractivity contribution in [2.45, 2.75) is 84.0 Å². The molecule has 0 radical (unpaired) electrons. The van der Waals surface area contributed by atoms with Crippen molar-refractivity contribution in [3.63, 3.8) is 0 Å². The molecule has 1 aromatic rings. The van der Waals surface area contributed by atoms with Gasteiger partial charge in [0.2, 0.25) is 0 Å². The summed E-state index contributed by atoms with van der Waals surface area (Å²) in [6, 6.07) is 13.0. The predicted octanol–water partition coefficient (Wildman–Crippen LogP) is 5.42. The standard InChI is InChI=1S/C22H37N4PS/c1-17(2)25-20-13-8-9-14-21(20)26(18(3)4)27(25)16-10-15-23-22(28)24-19-11-6-5-7-12-19/h5-7,11-12,17-18,20-21H,8-10,13-16H2,1-4H3,(H2,23,24,28)/t20-,21-/m1/s1. The number of anilines is 1. The zero-order valence-corrected chi connectivity index (χ0v) is 19.6. The molecule has 0 aromatic heterocycles. The molecule has 2 atom stereocenters. The van der Waals surface area contributed by atoms with Crippen LogP contribution in [0.4, 0.5) is 5.69 Å². The molecule has 1 aliphatic carbocycles. The number of hydrogen-bond donors (Lipinski definition) is 2. The van der Waals surface area contributed by atoms with Gasteiger partial charge in [0.1, 0.15) is 0 Å². The molecule has 1 aliphatic heterocycles. The molecule has 6 heteroatoms. The summed E-state index contributed by atoms with van der Waals surface area (Å²) < 4.78 is 5.78. The molecule has 2 aliphatic rings. The quantitative estimate of drug-likeness (QED) is 0.349. The lowest BCUT2D eigenvalue weighted by Crippen LogP contribution is -2.43. The van der Waals surface area contributed by atoms with Crippen LogP contribution in [0.2, 0.25) is 0 Å². The lowest BCUT2D eigenvalue weighted by Gasteiger charge is -2.36. The lowest BCUT2D eigenvalue weighted by atomic mass is 9.89. The SMILES string of the molecule is CC(C)N1[C@@H]2CCCC[C@H]2N(C(C)C)P1CCCNC(=S)Nc1ccccc1. The van der Waals surface area contributed by atoms with Gasteiger partial charge in [0.25, 0.3) is 0 Å². The Labute approximate surface area is 178 Å². The number of para-hydroxylation sites is 1. The first-order chi connectivity index (χ1) is 13.5. The zero-order chi connectivity index (χ0) is 20.1. The number of nitrogens with one attached hydrogen (secondary N) is 2. The van der Waals surface area contributed by atoms with Crippen molar-refractivity contribution in [2.24, 2.45) is 0 Å². The third-order valence-electron chi connectivity index (χ3n) is 5.82. The Morgan fingerprint density at radius 2 is 1.61 bits per heavy atom. The second kappa shape index (κ2) is 10.3. The molecule has 4 nitrogen and oxygen atoms in total. The molecule has 1 heterocycles. The fraction of sp³-hybridized carbons (Fsp3) is 0.682. The van der Waals surface area contributed by atoms with E-state index in [2.05, 4.69) is 47.7 Å². The van der Waals surface area contributed by atoms with E-state index in [-0.39, 0.29) is 8.22 Å². The summed E-state index contributed by atoms with van der Waals surface area (Å²) >= 11 is 5.46. The topological polar surface area (TPSA) is 30.5 Å². The summed E-state index contributed by atoms with van der Waals surface area (Å²) in [7, 11) is -0.217. The Morgan fingerprint density at radius 1 is 1.04 bits per heavy atom. The first-order valence-electron chi connectivity index (χ1n) is 10.9. The van der Waals surface area contributed by atoms with Gasteiger partial charge in [0, 0.05) is 44.6 Å². The maximum Gasteiger partial charge on any atom is 0.170 e. The summed E-state index contributed by atoms with van der Waals surface area (Å²) in [6.07, 6.45) is 8.00. The van der Waals surface area contributed by atoms with Gasteiger partial charge in [-0.1, -0.05) is 31.0 Å². The fourth-order valence-corrected chi connectivity index (χ4v) is 8.47. The molecule has 2 fully saturated rings. The number of fused-ring (bicyclic) bond motifs is 1. The summed E-state index contributed by atoms with van der Waals surface area (Å²) in [4.78, 5) is 0. The van der Waals surface area contributed by atoms with Gasteiger partial charge in [-0.3, -0.25) is 9.34 Å². The van der Waals surface area contributed by atoms with Crippen LogP contribution in [0, 0.1) is 0 Å². The molecule has 1 saturated heterocycles. The minimum Gasteiger partial charge on any atom is -0.362 e. The average Bonchev–Trinajstić information content (AvgIpc) is 3.00. The second-order valence-corrected chi connectivity index (χ2v) is 11.1. The van der Waals surface area contributed by atoms with Gasteiger partial charge in [0.05, 0.1) is 0 Å². The Balaban J connectivity index is 1.54. The molecule has 28 heavy (non-hydrogen) atoms. The first kappa shape index (κ1) is 22.0. The van der Waals surface area contributed by atoms with Crippen LogP contribution in [0.5, 0.6) is 0 Å². The molecule has 1 saturated carbocycles. The van der Waals surface area contributed by atoms with E-state index in [1.165, 1.54) is 31.8 Å². The molecule has 0 spiro atoms. The number of nitrogens with zero attached hydrogens (tertiary/aromatic N) is 2. The van der Waals surface area contributed by atoms with Crippen LogP contribution in [0.1, 0.15) is 59.8 Å². The van der Waals surface area contributed by atoms with E-state index in [0.29, 0.717) is 12.1 Å². The van der Waals surface area contributed by atoms with Crippen LogP contribution < -0.4 is 10.6 Å². The highest BCUT2D eigenvalue weighted by Gasteiger charge is 2.49. The maximum atomic E-state index is 5.46. The van der Waals surface area contributed by atoms with Crippen LogP contribution in [0.3, 0.4) is 0 Å². The highest BCUT2D eigenvalue weighted by molar-refractivity contribution is 7.80. The van der Waals surface area contributed by atoms with Crippen molar-refractivity contribution < 1.29 is 0 Å². The third kappa shape index (κ3) is 5.24. The Kier molecular flexibility index (Phi) is 8.11. The monoisotopic (exact) mass is 420 g/mol. The minimum atomic E-state index is -0.217. The first-order valence-corrected chi connectivity index (χ1v) is 12.8. The van der Waals surface area contributed by atoms with E-state index in [9.17, 15) is 0 Å². The van der Waals surface area contributed by atoms with Crippen LogP contribution in [-0.4, -0.2) is 51.3 Å². The van der Waals surface area contributed by atoms with Gasteiger partial charge >= 0.3 is 0 Å². The molecule has 0 unspecified atom stereocenters. The molecule has 2 N–H and O–H groups in total. The van der Waals surface area contributed by atoms with E-state index in [1.54, 1.807) is 0 Å². The minimum absolute atomic E-state index is 0.217. The van der Waals surface area contributed by atoms with Gasteiger partial charge in [-0.2, -0.15) is 0 Å². The summed E-state index contributed by atoms with van der Waals surface area (Å²) in [5.41, 5.74) is 1.04. The van der Waals surface area contributed by atoms with Crippen molar-refractivity contribution in [3.8, 4) is 0 Å². The maximum absolute atomic E-state index is 5.46. The summed E-state index contributed by atoms with van der Waals surface area (Å²) in [5.74, 6) is 0. The molecule has 3 rings (SSSR count). The third-order valence-corrected chi connectivity index (χ3v) is 9.36. The number of benzene rings is 1. The molecule has 1 aromatic carbocycles. The van der Waals surface area contributed by atoms with Crippen molar-refractivity contribution in [1.29, 1.82) is 0 Å². The van der Waals surface area contributed by atoms with Gasteiger partial charge in [-0.05, 0) is 77.5 Å². The number of thiocarbonyl (C=S) groups is 1. The molecular weight excluding hydrogens is 383 g/mol. The molecule has 156 valence electrons. The normalized spacial score (nSPS) is 23.9. The fourth-order valence-electron chi connectivity index (χ4n) is 4.82. The Bertz CT molecular complexity index is 600. The van der Waals surface area contributed by atoms with E-state index in [4.69, 9.17) is 12.2 Å². The lowest BCUT2D eigenvalue weighted by molar-refractivity contribution is 0.173. The van der Waals surface area contributed by atoms with Crippen LogP contribution in [0.25, 0.3) is 0 Å². The smallest absolute Gasteiger partial charge is 0.170 e. The van der Waals surface area contributed by atoms with Gasteiger partial charge < -0.3 is 10.6 Å². The van der Waals surface area contributed by atoms with E-state index >= 15 is 0 Å². The highest BCUT2D eigenvalue weighted by atomic mass is 32.1. The molecule has 0 amide bonds. The van der Waals surface area contributed by atoms with Gasteiger partial charge in [-0.25, -0.2) is 0 Å². The van der Waals surface area contributed by atoms with Crippen LogP contribution >= 0.6 is 20.4 Å². The predicted molar refractivity (Wildman–Crippen MR) is 127 cm³/mol. The largest absolute Gasteiger partial charge is 0.362 e. The molecular formula is C22H37N4PS. The van der Waals surface area contributed by atoms with Crippen molar-refractivity contribution in [2.75, 3.05) is 18.0 Å². The van der Waals surface area contributed by atoms with Gasteiger partial charge in [0.15, 0.2) is 5.11 Å². The number of hydrogen-bond acceptors (Lipinski definition) is 3. The van der Waals surface area contributed by atoms with Crippen molar-refractivity contribution >= 4 is 31.2 Å². The van der Waals surface area contributed by atoms with Crippen LogP contribution in [-0.2, 0) is 0 Å². The Morgan fingerprint density at radius 3 is 2.14 bits per heavy atom. The number of rotatable bonds is 7. The Hall–Kier alpha value is -0.740. The van der Waals surface area contributed by atoms with Crippen molar-refractivity contribution in [1.82, 2.24) is 14.7 Å². The van der Waals surface area contributed by atoms with Crippen molar-refractivity contribution in [3.05, 3.63) is 30.3 Å². The van der Waals surface area contributed by atoms with E-state index in [0.717, 1.165) is 35.8 Å². The van der Waals surface area contributed by atoms with Crippen LogP contribution in [0.15, 0.2) is 30.3 Å². The summed E-state index contributed by atoms with van der Waals surface area (Å²) in [5, 5.41) is 7.39. The average molecular weight is 421 g/mol. The van der Waals surface area contributed by atoms with E-state index in [1.807, 2.05) is 30.3 Å². The van der Waals surface area contributed by atoms with Gasteiger partial charge in [-0.15, -0.1) is 0 Å².